The second-order valence-electron chi connectivity index (χ2n) is 15.6. The highest BCUT2D eigenvalue weighted by molar-refractivity contribution is 5.87. The highest BCUT2D eigenvalue weighted by Crippen LogP contribution is 2.35. The van der Waals surface area contributed by atoms with E-state index in [-0.39, 0.29) is 35.7 Å². The van der Waals surface area contributed by atoms with Gasteiger partial charge in [0.15, 0.2) is 0 Å². The Morgan fingerprint density at radius 2 is 1.19 bits per heavy atom. The van der Waals surface area contributed by atoms with Gasteiger partial charge < -0.3 is 44.6 Å². The zero-order chi connectivity index (χ0) is 41.5. The SMILES string of the molecule is COC(=O)N[C@H](C(=O)N1CCC[C@H]1c1ncc(-c2ccc(C#Cc3ccc(-c4cnc([C@@H]5CCCN5C(=O)[C@@H](NC(=O)OC)C5CCOCC5)[nH]4)cc3)cc2)[nH]1)C(C)C. The maximum atomic E-state index is 13.9. The number of methoxy groups -OCH3 is 2. The van der Waals surface area contributed by atoms with Gasteiger partial charge in [0.05, 0.1) is 50.1 Å². The zero-order valence-electron chi connectivity index (χ0n) is 34.0. The molecule has 4 amide bonds. The molecule has 2 aromatic carbocycles. The lowest BCUT2D eigenvalue weighted by Crippen LogP contribution is -2.53. The molecule has 0 spiro atoms. The standard InChI is InChI=1S/C44H52N8O7/c1-27(2)37(49-43(55)57-3)41(53)51-21-5-7-35(51)39-45-25-33(47-39)30-15-11-28(12-16-30)9-10-29-13-17-31(18-14-29)34-26-46-40(48-34)36-8-6-22-52(36)42(54)38(50-44(56)58-4)32-19-23-59-24-20-32/h11-18,25-27,32,35-38H,5-8,19-24H2,1-4H3,(H,45,47)(H,46,48)(H,49,55)(H,50,56)/t35-,36-,37-,38-/m0/s1. The summed E-state index contributed by atoms with van der Waals surface area (Å²) in [7, 11) is 2.59. The first-order chi connectivity index (χ1) is 28.6. The largest absolute Gasteiger partial charge is 0.453 e. The maximum absolute atomic E-state index is 13.9. The number of ether oxygens (including phenoxy) is 3. The van der Waals surface area contributed by atoms with Crippen LogP contribution in [0.1, 0.15) is 87.2 Å². The fraction of sp³-hybridized carbons (Fsp3) is 0.455. The smallest absolute Gasteiger partial charge is 0.407 e. The van der Waals surface area contributed by atoms with Crippen molar-refractivity contribution in [1.82, 2.24) is 40.4 Å². The number of hydrogen-bond donors (Lipinski definition) is 4. The van der Waals surface area contributed by atoms with Crippen molar-refractivity contribution in [3.63, 3.8) is 0 Å². The molecule has 3 aliphatic heterocycles. The first kappa shape index (κ1) is 41.0. The molecule has 7 rings (SSSR count). The van der Waals surface area contributed by atoms with Gasteiger partial charge in [0.25, 0.3) is 0 Å². The Hall–Kier alpha value is -6.14. The number of likely N-dealkylation sites (tertiary alicyclic amines) is 2. The molecule has 2 aromatic heterocycles. The Labute approximate surface area is 344 Å². The highest BCUT2D eigenvalue weighted by Gasteiger charge is 2.40. The minimum absolute atomic E-state index is 0.0289. The van der Waals surface area contributed by atoms with Crippen molar-refractivity contribution in [2.24, 2.45) is 11.8 Å². The molecule has 4 aromatic rings. The fourth-order valence-electron chi connectivity index (χ4n) is 8.22. The molecule has 4 N–H and O–H groups in total. The van der Waals surface area contributed by atoms with Crippen molar-refractivity contribution in [2.75, 3.05) is 40.5 Å². The van der Waals surface area contributed by atoms with Gasteiger partial charge in [-0.1, -0.05) is 50.0 Å². The molecule has 59 heavy (non-hydrogen) atoms. The average molecular weight is 805 g/mol. The Bertz CT molecular complexity index is 2160. The summed E-state index contributed by atoms with van der Waals surface area (Å²) < 4.78 is 15.1. The minimum atomic E-state index is -0.691. The van der Waals surface area contributed by atoms with Crippen molar-refractivity contribution in [2.45, 2.75) is 76.5 Å². The summed E-state index contributed by atoms with van der Waals surface area (Å²) in [5, 5.41) is 5.49. The third-order valence-electron chi connectivity index (χ3n) is 11.5. The molecule has 0 bridgehead atoms. The molecular formula is C44H52N8O7. The third kappa shape index (κ3) is 9.44. The van der Waals surface area contributed by atoms with Crippen LogP contribution in [0.15, 0.2) is 60.9 Å². The molecule has 15 heteroatoms. The monoisotopic (exact) mass is 804 g/mol. The molecule has 3 aliphatic rings. The second kappa shape index (κ2) is 18.6. The van der Waals surface area contributed by atoms with E-state index in [1.54, 1.807) is 17.3 Å². The van der Waals surface area contributed by atoms with Crippen LogP contribution < -0.4 is 10.6 Å². The van der Waals surface area contributed by atoms with Crippen molar-refractivity contribution in [1.29, 1.82) is 0 Å². The number of nitrogens with one attached hydrogen (secondary N) is 4. The molecule has 3 saturated heterocycles. The Morgan fingerprint density at radius 3 is 1.66 bits per heavy atom. The van der Waals surface area contributed by atoms with Crippen LogP contribution in [0, 0.1) is 23.7 Å². The number of alkyl carbamates (subject to hydrolysis) is 2. The number of carbonyl (C=O) groups excluding carboxylic acids is 4. The first-order valence-corrected chi connectivity index (χ1v) is 20.3. The Morgan fingerprint density at radius 1 is 0.712 bits per heavy atom. The van der Waals surface area contributed by atoms with Gasteiger partial charge in [0.2, 0.25) is 11.8 Å². The van der Waals surface area contributed by atoms with Crippen LogP contribution in [0.2, 0.25) is 0 Å². The normalized spacial score (nSPS) is 19.1. The van der Waals surface area contributed by atoms with Crippen LogP contribution in [0.25, 0.3) is 22.5 Å². The second-order valence-corrected chi connectivity index (χ2v) is 15.6. The number of hydrogen-bond acceptors (Lipinski definition) is 9. The Kier molecular flexibility index (Phi) is 13.0. The van der Waals surface area contributed by atoms with Gasteiger partial charge in [-0.3, -0.25) is 9.59 Å². The number of carbonyl (C=O) groups is 4. The summed E-state index contributed by atoms with van der Waals surface area (Å²) >= 11 is 0. The summed E-state index contributed by atoms with van der Waals surface area (Å²) in [6.45, 7) is 6.08. The lowest BCUT2D eigenvalue weighted by molar-refractivity contribution is -0.137. The van der Waals surface area contributed by atoms with E-state index in [2.05, 4.69) is 37.4 Å². The number of aromatic nitrogens is 4. The number of imidazole rings is 2. The van der Waals surface area contributed by atoms with Crippen LogP contribution in [0.5, 0.6) is 0 Å². The number of aromatic amines is 2. The van der Waals surface area contributed by atoms with E-state index in [1.165, 1.54) is 14.2 Å². The van der Waals surface area contributed by atoms with Gasteiger partial charge in [-0.05, 0) is 85.8 Å². The van der Waals surface area contributed by atoms with Crippen molar-refractivity contribution in [3.05, 3.63) is 83.7 Å². The van der Waals surface area contributed by atoms with E-state index in [1.807, 2.05) is 67.3 Å². The Balaban J connectivity index is 0.971. The molecular weight excluding hydrogens is 753 g/mol. The number of nitrogens with zero attached hydrogens (tertiary/aromatic N) is 4. The van der Waals surface area contributed by atoms with Gasteiger partial charge in [0, 0.05) is 37.4 Å². The molecule has 0 saturated carbocycles. The molecule has 0 unspecified atom stereocenters. The van der Waals surface area contributed by atoms with Gasteiger partial charge in [-0.25, -0.2) is 19.6 Å². The number of H-pyrrole nitrogens is 2. The lowest BCUT2D eigenvalue weighted by Gasteiger charge is -2.34. The van der Waals surface area contributed by atoms with E-state index >= 15 is 0 Å². The summed E-state index contributed by atoms with van der Waals surface area (Å²) in [5.74, 6) is 7.53. The van der Waals surface area contributed by atoms with Crippen molar-refractivity contribution in [3.8, 4) is 34.4 Å². The van der Waals surface area contributed by atoms with Crippen molar-refractivity contribution >= 4 is 24.0 Å². The summed E-state index contributed by atoms with van der Waals surface area (Å²) in [6, 6.07) is 14.0. The van der Waals surface area contributed by atoms with Crippen LogP contribution in [-0.2, 0) is 23.8 Å². The average Bonchev–Trinajstić information content (AvgIpc) is 4.11. The van der Waals surface area contributed by atoms with Gasteiger partial charge >= 0.3 is 12.2 Å². The molecule has 15 nitrogen and oxygen atoms in total. The molecule has 0 aliphatic carbocycles. The van der Waals surface area contributed by atoms with Gasteiger partial charge in [0.1, 0.15) is 23.7 Å². The highest BCUT2D eigenvalue weighted by atomic mass is 16.5. The van der Waals surface area contributed by atoms with Crippen LogP contribution in [-0.4, -0.2) is 106 Å². The number of benzene rings is 2. The fourth-order valence-corrected chi connectivity index (χ4v) is 8.22. The topological polar surface area (TPSA) is 184 Å². The molecule has 310 valence electrons. The van der Waals surface area contributed by atoms with E-state index in [9.17, 15) is 19.2 Å². The first-order valence-electron chi connectivity index (χ1n) is 20.3. The van der Waals surface area contributed by atoms with Crippen LogP contribution in [0.3, 0.4) is 0 Å². The van der Waals surface area contributed by atoms with E-state index in [0.717, 1.165) is 59.3 Å². The van der Waals surface area contributed by atoms with Gasteiger partial charge in [-0.2, -0.15) is 0 Å². The van der Waals surface area contributed by atoms with Crippen LogP contribution in [0.4, 0.5) is 9.59 Å². The molecule has 3 fully saturated rings. The number of rotatable bonds is 10. The van der Waals surface area contributed by atoms with Crippen molar-refractivity contribution < 1.29 is 33.4 Å². The summed E-state index contributed by atoms with van der Waals surface area (Å²) in [4.78, 5) is 71.4. The van der Waals surface area contributed by atoms with Gasteiger partial charge in [-0.15, -0.1) is 0 Å². The van der Waals surface area contributed by atoms with E-state index in [0.29, 0.717) is 50.8 Å². The zero-order valence-corrected chi connectivity index (χ0v) is 34.0. The maximum Gasteiger partial charge on any atom is 0.407 e. The number of amides is 4. The molecule has 5 heterocycles. The summed E-state index contributed by atoms with van der Waals surface area (Å²) in [5.41, 5.74) is 5.29. The molecule has 4 atom stereocenters. The minimum Gasteiger partial charge on any atom is -0.453 e. The quantitative estimate of drug-likeness (QED) is 0.146. The lowest BCUT2D eigenvalue weighted by atomic mass is 9.90. The predicted octanol–water partition coefficient (Wildman–Crippen LogP) is 5.73. The summed E-state index contributed by atoms with van der Waals surface area (Å²) in [6.07, 6.45) is 6.95. The van der Waals surface area contributed by atoms with E-state index < -0.39 is 24.3 Å². The third-order valence-corrected chi connectivity index (χ3v) is 11.5. The van der Waals surface area contributed by atoms with Crippen LogP contribution >= 0.6 is 0 Å². The van der Waals surface area contributed by atoms with E-state index in [4.69, 9.17) is 19.2 Å². The predicted molar refractivity (Wildman–Crippen MR) is 218 cm³/mol. The molecule has 0 radical (unpaired) electrons.